The van der Waals surface area contributed by atoms with Gasteiger partial charge in [0.05, 0.1) is 17.5 Å². The van der Waals surface area contributed by atoms with Gasteiger partial charge in [0.15, 0.2) is 0 Å². The van der Waals surface area contributed by atoms with Gasteiger partial charge < -0.3 is 10.5 Å². The number of para-hydroxylation sites is 1. The molecular formula is C16H14N2OS. The maximum atomic E-state index is 6.00. The molecule has 0 aliphatic heterocycles. The van der Waals surface area contributed by atoms with Crippen molar-refractivity contribution in [3.8, 4) is 5.75 Å². The van der Waals surface area contributed by atoms with Gasteiger partial charge in [-0.25, -0.2) is 0 Å². The van der Waals surface area contributed by atoms with E-state index in [4.69, 9.17) is 10.5 Å². The molecule has 2 N–H and O–H groups in total. The van der Waals surface area contributed by atoms with Gasteiger partial charge in [-0.2, -0.15) is 0 Å². The van der Waals surface area contributed by atoms with Crippen LogP contribution in [0.15, 0.2) is 64.5 Å². The van der Waals surface area contributed by atoms with Gasteiger partial charge in [0.1, 0.15) is 5.75 Å². The molecular weight excluding hydrogens is 268 g/mol. The number of pyridine rings is 1. The molecule has 0 aliphatic carbocycles. The number of nitrogens with two attached hydrogens (primary N) is 1. The van der Waals surface area contributed by atoms with E-state index in [0.717, 1.165) is 32.1 Å². The topological polar surface area (TPSA) is 48.1 Å². The molecule has 3 rings (SSSR count). The lowest BCUT2D eigenvalue weighted by atomic mass is 10.2. The third-order valence-corrected chi connectivity index (χ3v) is 4.16. The Hall–Kier alpha value is -2.20. The number of fused-ring (bicyclic) bond motifs is 1. The Balaban J connectivity index is 2.09. The van der Waals surface area contributed by atoms with Crippen molar-refractivity contribution < 1.29 is 4.74 Å². The molecule has 0 fully saturated rings. The zero-order chi connectivity index (χ0) is 13.9. The van der Waals surface area contributed by atoms with Crippen molar-refractivity contribution in [2.45, 2.75) is 9.79 Å². The normalized spacial score (nSPS) is 10.7. The molecule has 0 amide bonds. The summed E-state index contributed by atoms with van der Waals surface area (Å²) in [6.07, 6.45) is 1.79. The van der Waals surface area contributed by atoms with Gasteiger partial charge in [-0.1, -0.05) is 23.9 Å². The molecule has 0 saturated carbocycles. The molecule has 0 atom stereocenters. The Morgan fingerprint density at radius 2 is 1.85 bits per heavy atom. The van der Waals surface area contributed by atoms with E-state index in [2.05, 4.69) is 4.98 Å². The Labute approximate surface area is 121 Å². The first kappa shape index (κ1) is 12.8. The summed E-state index contributed by atoms with van der Waals surface area (Å²) in [4.78, 5) is 6.58. The van der Waals surface area contributed by atoms with Crippen molar-refractivity contribution in [3.05, 3.63) is 54.7 Å². The Kier molecular flexibility index (Phi) is 3.48. The molecule has 3 nitrogen and oxygen atoms in total. The lowest BCUT2D eigenvalue weighted by molar-refractivity contribution is 0.405. The maximum absolute atomic E-state index is 6.00. The first-order valence-corrected chi connectivity index (χ1v) is 7.05. The number of ether oxygens (including phenoxy) is 1. The number of hydrogen-bond donors (Lipinski definition) is 1. The molecule has 1 aromatic heterocycles. The van der Waals surface area contributed by atoms with Gasteiger partial charge >= 0.3 is 0 Å². The number of nitrogen functional groups attached to an aromatic ring is 1. The van der Waals surface area contributed by atoms with Crippen molar-refractivity contribution in [2.75, 3.05) is 12.8 Å². The van der Waals surface area contributed by atoms with E-state index >= 15 is 0 Å². The van der Waals surface area contributed by atoms with E-state index in [0.29, 0.717) is 0 Å². The van der Waals surface area contributed by atoms with Gasteiger partial charge in [0.25, 0.3) is 0 Å². The van der Waals surface area contributed by atoms with Crippen LogP contribution in [0.1, 0.15) is 0 Å². The molecule has 4 heteroatoms. The lowest BCUT2D eigenvalue weighted by Gasteiger charge is -2.10. The van der Waals surface area contributed by atoms with Gasteiger partial charge in [-0.05, 0) is 36.4 Å². The highest BCUT2D eigenvalue weighted by atomic mass is 32.2. The predicted octanol–water partition coefficient (Wildman–Crippen LogP) is 3.98. The average molecular weight is 282 g/mol. The summed E-state index contributed by atoms with van der Waals surface area (Å²) in [5.41, 5.74) is 7.67. The van der Waals surface area contributed by atoms with Gasteiger partial charge in [-0.15, -0.1) is 0 Å². The quantitative estimate of drug-likeness (QED) is 0.738. The standard InChI is InChI=1S/C16H14N2OS/c1-19-13-6-2-3-7-14(13)20-15-9-8-12(17)11-5-4-10-18-16(11)15/h2-10H,17H2,1H3. The fourth-order valence-corrected chi connectivity index (χ4v) is 3.10. The minimum atomic E-state index is 0.748. The SMILES string of the molecule is COc1ccccc1Sc1ccc(N)c2cccnc12. The summed E-state index contributed by atoms with van der Waals surface area (Å²) in [7, 11) is 1.68. The number of anilines is 1. The Bertz CT molecular complexity index is 758. The second-order valence-electron chi connectivity index (χ2n) is 4.31. The van der Waals surface area contributed by atoms with Crippen LogP contribution in [0.4, 0.5) is 5.69 Å². The van der Waals surface area contributed by atoms with E-state index in [9.17, 15) is 0 Å². The molecule has 2 aromatic carbocycles. The summed E-state index contributed by atoms with van der Waals surface area (Å²) in [5, 5.41) is 0.979. The van der Waals surface area contributed by atoms with Crippen LogP contribution in [0.5, 0.6) is 5.75 Å². The van der Waals surface area contributed by atoms with Crippen molar-refractivity contribution in [1.29, 1.82) is 0 Å². The zero-order valence-corrected chi connectivity index (χ0v) is 11.9. The largest absolute Gasteiger partial charge is 0.496 e. The number of hydrogen-bond acceptors (Lipinski definition) is 4. The van der Waals surface area contributed by atoms with Crippen LogP contribution in [0.3, 0.4) is 0 Å². The maximum Gasteiger partial charge on any atom is 0.132 e. The molecule has 0 aliphatic rings. The molecule has 0 saturated heterocycles. The van der Waals surface area contributed by atoms with Crippen LogP contribution in [-0.2, 0) is 0 Å². The highest BCUT2D eigenvalue weighted by Crippen LogP contribution is 2.38. The van der Waals surface area contributed by atoms with E-state index < -0.39 is 0 Å². The number of benzene rings is 2. The van der Waals surface area contributed by atoms with Crippen molar-refractivity contribution in [3.63, 3.8) is 0 Å². The molecule has 1 heterocycles. The second-order valence-corrected chi connectivity index (χ2v) is 5.39. The third-order valence-electron chi connectivity index (χ3n) is 3.06. The van der Waals surface area contributed by atoms with Crippen LogP contribution < -0.4 is 10.5 Å². The van der Waals surface area contributed by atoms with E-state index in [1.807, 2.05) is 48.5 Å². The van der Waals surface area contributed by atoms with Crippen LogP contribution in [0.2, 0.25) is 0 Å². The first-order chi connectivity index (χ1) is 9.79. The molecule has 3 aromatic rings. The summed E-state index contributed by atoms with van der Waals surface area (Å²) in [6, 6.07) is 15.8. The highest BCUT2D eigenvalue weighted by molar-refractivity contribution is 7.99. The van der Waals surface area contributed by atoms with Crippen LogP contribution in [0.25, 0.3) is 10.9 Å². The van der Waals surface area contributed by atoms with Gasteiger partial charge in [-0.3, -0.25) is 4.98 Å². The smallest absolute Gasteiger partial charge is 0.132 e. The number of methoxy groups -OCH3 is 1. The average Bonchev–Trinajstić information content (AvgIpc) is 2.51. The van der Waals surface area contributed by atoms with Crippen molar-refractivity contribution in [1.82, 2.24) is 4.98 Å². The number of nitrogens with zero attached hydrogens (tertiary/aromatic N) is 1. The summed E-state index contributed by atoms with van der Waals surface area (Å²) >= 11 is 1.63. The molecule has 0 unspecified atom stereocenters. The summed E-state index contributed by atoms with van der Waals surface area (Å²) in [5.74, 6) is 0.860. The molecule has 0 spiro atoms. The third kappa shape index (κ3) is 2.30. The fraction of sp³-hybridized carbons (Fsp3) is 0.0625. The van der Waals surface area contributed by atoms with E-state index in [1.54, 1.807) is 25.1 Å². The van der Waals surface area contributed by atoms with Crippen LogP contribution >= 0.6 is 11.8 Å². The van der Waals surface area contributed by atoms with Gasteiger partial charge in [0, 0.05) is 22.2 Å². The second kappa shape index (κ2) is 5.43. The number of rotatable bonds is 3. The first-order valence-electron chi connectivity index (χ1n) is 6.23. The number of aromatic nitrogens is 1. The minimum Gasteiger partial charge on any atom is -0.496 e. The molecule has 0 radical (unpaired) electrons. The highest BCUT2D eigenvalue weighted by Gasteiger charge is 2.09. The van der Waals surface area contributed by atoms with Crippen LogP contribution in [-0.4, -0.2) is 12.1 Å². The Morgan fingerprint density at radius 3 is 2.70 bits per heavy atom. The summed E-state index contributed by atoms with van der Waals surface area (Å²) < 4.78 is 5.39. The van der Waals surface area contributed by atoms with Crippen molar-refractivity contribution >= 4 is 28.4 Å². The molecule has 100 valence electrons. The monoisotopic (exact) mass is 282 g/mol. The van der Waals surface area contributed by atoms with Gasteiger partial charge in [0.2, 0.25) is 0 Å². The minimum absolute atomic E-state index is 0.748. The zero-order valence-electron chi connectivity index (χ0n) is 11.0. The predicted molar refractivity (Wildman–Crippen MR) is 83.3 cm³/mol. The van der Waals surface area contributed by atoms with E-state index in [-0.39, 0.29) is 0 Å². The Morgan fingerprint density at radius 1 is 1.00 bits per heavy atom. The van der Waals surface area contributed by atoms with E-state index in [1.165, 1.54) is 0 Å². The fourth-order valence-electron chi connectivity index (χ4n) is 2.07. The summed E-state index contributed by atoms with van der Waals surface area (Å²) in [6.45, 7) is 0. The molecule has 20 heavy (non-hydrogen) atoms. The lowest BCUT2D eigenvalue weighted by Crippen LogP contribution is -1.91. The molecule has 0 bridgehead atoms. The van der Waals surface area contributed by atoms with Crippen molar-refractivity contribution in [2.24, 2.45) is 0 Å². The van der Waals surface area contributed by atoms with Crippen LogP contribution in [0, 0.1) is 0 Å².